The third-order valence-corrected chi connectivity index (χ3v) is 7.35. The van der Waals surface area contributed by atoms with Crippen molar-refractivity contribution >= 4 is 23.7 Å². The number of aryl methyl sites for hydroxylation is 1. The molecule has 148 valence electrons. The molecular weight excluding hydrogens is 389 g/mol. The molecule has 0 spiro atoms. The van der Waals surface area contributed by atoms with Crippen molar-refractivity contribution < 1.29 is 26.8 Å². The van der Waals surface area contributed by atoms with Crippen molar-refractivity contribution in [3.8, 4) is 0 Å². The van der Waals surface area contributed by atoms with Gasteiger partial charge in [-0.15, -0.1) is 0 Å². The number of benzene rings is 1. The summed E-state index contributed by atoms with van der Waals surface area (Å²) in [5, 5.41) is 0. The van der Waals surface area contributed by atoms with Crippen molar-refractivity contribution in [1.29, 1.82) is 0 Å². The SMILES string of the molecule is CCOP(=O)(OCC)/C(=C\c1ccn(S(=O)(=O)c2ccc(C)cc2)c1)OC. The first-order chi connectivity index (χ1) is 12.8. The maximum atomic E-state index is 12.8. The molecule has 0 bridgehead atoms. The van der Waals surface area contributed by atoms with Gasteiger partial charge in [0.15, 0.2) is 0 Å². The summed E-state index contributed by atoms with van der Waals surface area (Å²) >= 11 is 0. The van der Waals surface area contributed by atoms with Gasteiger partial charge < -0.3 is 13.8 Å². The van der Waals surface area contributed by atoms with Crippen LogP contribution in [0.4, 0.5) is 0 Å². The van der Waals surface area contributed by atoms with Gasteiger partial charge >= 0.3 is 7.60 Å². The second-order valence-electron chi connectivity index (χ2n) is 5.61. The Kier molecular flexibility index (Phi) is 7.06. The lowest BCUT2D eigenvalue weighted by Gasteiger charge is -2.18. The van der Waals surface area contributed by atoms with Crippen LogP contribution in [0.1, 0.15) is 25.0 Å². The minimum Gasteiger partial charge on any atom is -0.489 e. The number of nitrogens with zero attached hydrogens (tertiary/aromatic N) is 1. The van der Waals surface area contributed by atoms with E-state index in [1.165, 1.54) is 25.6 Å². The fourth-order valence-electron chi connectivity index (χ4n) is 2.36. The van der Waals surface area contributed by atoms with E-state index < -0.39 is 17.6 Å². The molecule has 0 saturated carbocycles. The molecule has 0 aliphatic carbocycles. The van der Waals surface area contributed by atoms with Crippen LogP contribution < -0.4 is 0 Å². The normalized spacial score (nSPS) is 13.0. The maximum absolute atomic E-state index is 12.8. The zero-order chi connectivity index (χ0) is 20.1. The summed E-state index contributed by atoms with van der Waals surface area (Å²) in [7, 11) is -5.97. The molecule has 9 heteroatoms. The Labute approximate surface area is 160 Å². The minimum atomic E-state index is -3.72. The van der Waals surface area contributed by atoms with Gasteiger partial charge in [-0.2, -0.15) is 0 Å². The van der Waals surface area contributed by atoms with Gasteiger partial charge in [-0.05, 0) is 50.6 Å². The van der Waals surface area contributed by atoms with E-state index in [4.69, 9.17) is 13.8 Å². The van der Waals surface area contributed by atoms with Crippen molar-refractivity contribution in [2.45, 2.75) is 25.7 Å². The number of hydrogen-bond acceptors (Lipinski definition) is 6. The molecule has 0 N–H and O–H groups in total. The molecule has 1 aromatic heterocycles. The summed E-state index contributed by atoms with van der Waals surface area (Å²) in [4.78, 5) is 0.181. The Balaban J connectivity index is 2.39. The van der Waals surface area contributed by atoms with E-state index in [1.807, 2.05) is 6.92 Å². The van der Waals surface area contributed by atoms with Crippen molar-refractivity contribution in [3.05, 3.63) is 59.4 Å². The monoisotopic (exact) mass is 413 g/mol. The Morgan fingerprint density at radius 1 is 1.11 bits per heavy atom. The Bertz CT molecular complexity index is 936. The number of hydrogen-bond donors (Lipinski definition) is 0. The third kappa shape index (κ3) is 4.90. The van der Waals surface area contributed by atoms with Gasteiger partial charge in [0.1, 0.15) is 0 Å². The molecule has 0 unspecified atom stereocenters. The predicted molar refractivity (Wildman–Crippen MR) is 104 cm³/mol. The highest BCUT2D eigenvalue weighted by molar-refractivity contribution is 7.90. The number of rotatable bonds is 9. The van der Waals surface area contributed by atoms with E-state index in [9.17, 15) is 13.0 Å². The number of methoxy groups -OCH3 is 1. The highest BCUT2D eigenvalue weighted by Gasteiger charge is 2.31. The van der Waals surface area contributed by atoms with Gasteiger partial charge in [-0.1, -0.05) is 17.7 Å². The van der Waals surface area contributed by atoms with Crippen molar-refractivity contribution in [2.75, 3.05) is 20.3 Å². The minimum absolute atomic E-state index is 0.0108. The lowest BCUT2D eigenvalue weighted by atomic mass is 10.2. The first-order valence-corrected chi connectivity index (χ1v) is 11.4. The molecule has 2 aromatic rings. The van der Waals surface area contributed by atoms with Gasteiger partial charge in [0.05, 0.1) is 25.2 Å². The molecule has 2 rings (SSSR count). The third-order valence-electron chi connectivity index (χ3n) is 3.65. The molecule has 0 amide bonds. The summed E-state index contributed by atoms with van der Waals surface area (Å²) in [5.41, 5.74) is 1.47. The summed E-state index contributed by atoms with van der Waals surface area (Å²) < 4.78 is 55.1. The zero-order valence-corrected chi connectivity index (χ0v) is 17.5. The van der Waals surface area contributed by atoms with E-state index in [2.05, 4.69) is 0 Å². The average Bonchev–Trinajstić information content (AvgIpc) is 3.10. The lowest BCUT2D eigenvalue weighted by molar-refractivity contribution is 0.200. The smallest absolute Gasteiger partial charge is 0.395 e. The van der Waals surface area contributed by atoms with E-state index >= 15 is 0 Å². The Hall–Kier alpha value is -1.86. The van der Waals surface area contributed by atoms with Crippen LogP contribution in [-0.2, 0) is 28.4 Å². The highest BCUT2D eigenvalue weighted by Crippen LogP contribution is 2.56. The van der Waals surface area contributed by atoms with Crippen LogP contribution in [-0.4, -0.2) is 32.7 Å². The summed E-state index contributed by atoms with van der Waals surface area (Å²) in [6.07, 6.45) is 4.28. The first-order valence-electron chi connectivity index (χ1n) is 8.42. The van der Waals surface area contributed by atoms with Gasteiger partial charge in [-0.25, -0.2) is 12.4 Å². The molecule has 0 atom stereocenters. The second-order valence-corrected chi connectivity index (χ2v) is 9.41. The second kappa shape index (κ2) is 8.89. The molecule has 1 aromatic carbocycles. The predicted octanol–water partition coefficient (Wildman–Crippen LogP) is 4.24. The summed E-state index contributed by atoms with van der Waals surface area (Å²) in [6.45, 7) is 5.64. The van der Waals surface area contributed by atoms with Crippen LogP contribution >= 0.6 is 7.60 Å². The van der Waals surface area contributed by atoms with Gasteiger partial charge in [-0.3, -0.25) is 4.57 Å². The van der Waals surface area contributed by atoms with E-state index in [1.54, 1.807) is 44.2 Å². The number of aromatic nitrogens is 1. The molecule has 0 saturated heterocycles. The fraction of sp³-hybridized carbons (Fsp3) is 0.333. The summed E-state index contributed by atoms with van der Waals surface area (Å²) in [6, 6.07) is 8.16. The molecule has 0 radical (unpaired) electrons. The molecule has 7 nitrogen and oxygen atoms in total. The van der Waals surface area contributed by atoms with Crippen LogP contribution in [0.3, 0.4) is 0 Å². The molecular formula is C18H24NO6PS. The van der Waals surface area contributed by atoms with E-state index in [-0.39, 0.29) is 23.6 Å². The fourth-order valence-corrected chi connectivity index (χ4v) is 5.10. The van der Waals surface area contributed by atoms with E-state index in [0.717, 1.165) is 9.54 Å². The standard InChI is InChI=1S/C18H24NO6PS/c1-5-24-26(20,25-6-2)18(23-4)13-16-11-12-19(14-16)27(21,22)17-9-7-15(3)8-10-17/h7-14H,5-6H2,1-4H3/b18-13-. The summed E-state index contributed by atoms with van der Waals surface area (Å²) in [5.74, 6) is 0. The lowest BCUT2D eigenvalue weighted by Crippen LogP contribution is -2.10. The zero-order valence-electron chi connectivity index (χ0n) is 15.8. The first kappa shape index (κ1) is 21.4. The number of ether oxygens (including phenoxy) is 1. The van der Waals surface area contributed by atoms with Crippen molar-refractivity contribution in [2.24, 2.45) is 0 Å². The Morgan fingerprint density at radius 2 is 1.70 bits per heavy atom. The molecule has 0 aliphatic rings. The van der Waals surface area contributed by atoms with Crippen LogP contribution in [0, 0.1) is 6.92 Å². The molecule has 0 aliphatic heterocycles. The Morgan fingerprint density at radius 3 is 2.22 bits per heavy atom. The van der Waals surface area contributed by atoms with Crippen LogP contribution in [0.2, 0.25) is 0 Å². The molecule has 0 fully saturated rings. The van der Waals surface area contributed by atoms with Gasteiger partial charge in [0.25, 0.3) is 10.0 Å². The van der Waals surface area contributed by atoms with Gasteiger partial charge in [0, 0.05) is 12.4 Å². The van der Waals surface area contributed by atoms with Gasteiger partial charge in [0.2, 0.25) is 5.50 Å². The average molecular weight is 413 g/mol. The van der Waals surface area contributed by atoms with Crippen molar-refractivity contribution in [1.82, 2.24) is 3.97 Å². The van der Waals surface area contributed by atoms with Crippen LogP contribution in [0.15, 0.2) is 53.1 Å². The highest BCUT2D eigenvalue weighted by atomic mass is 32.2. The molecule has 27 heavy (non-hydrogen) atoms. The van der Waals surface area contributed by atoms with Crippen molar-refractivity contribution in [3.63, 3.8) is 0 Å². The van der Waals surface area contributed by atoms with Crippen LogP contribution in [0.25, 0.3) is 6.08 Å². The quantitative estimate of drug-likeness (QED) is 0.452. The van der Waals surface area contributed by atoms with Crippen LogP contribution in [0.5, 0.6) is 0 Å². The molecule has 1 heterocycles. The topological polar surface area (TPSA) is 83.8 Å². The maximum Gasteiger partial charge on any atom is 0.395 e. The van der Waals surface area contributed by atoms with E-state index in [0.29, 0.717) is 5.56 Å². The largest absolute Gasteiger partial charge is 0.489 e.